The number of hydrogen-bond donors (Lipinski definition) is 1. The third kappa shape index (κ3) is 5.46. The third-order valence-electron chi connectivity index (χ3n) is 3.59. The van der Waals surface area contributed by atoms with Crippen LogP contribution in [-0.2, 0) is 11.3 Å². The summed E-state index contributed by atoms with van der Waals surface area (Å²) in [6.45, 7) is 4.45. The Bertz CT molecular complexity index is 615. The summed E-state index contributed by atoms with van der Waals surface area (Å²) >= 11 is 1.56. The molecule has 2 aromatic heterocycles. The first-order chi connectivity index (χ1) is 10.7. The average Bonchev–Trinajstić information content (AvgIpc) is 3.19. The maximum atomic E-state index is 12.2. The number of aromatic nitrogens is 1. The molecule has 1 fully saturated rings. The van der Waals surface area contributed by atoms with Crippen molar-refractivity contribution in [3.05, 3.63) is 29.5 Å². The number of piperazine rings is 1. The molecular weight excluding hydrogens is 371 g/mol. The molecule has 1 N–H and O–H groups in total. The molecular formula is C15H22Cl2N4O2S. The second-order valence-electron chi connectivity index (χ2n) is 5.42. The van der Waals surface area contributed by atoms with Crippen LogP contribution < -0.4 is 5.32 Å². The van der Waals surface area contributed by atoms with Crippen molar-refractivity contribution in [3.63, 3.8) is 0 Å². The maximum Gasteiger partial charge on any atom is 0.236 e. The summed E-state index contributed by atoms with van der Waals surface area (Å²) in [5, 5.41) is 6.15. The standard InChI is InChI=1S/C15H20N4O2S.2ClH/c1-18(10-14(20)19-6-4-16-5-7-19)9-12-11-22-15(17-12)13-3-2-8-21-13;;/h2-3,8,11,16H,4-7,9-10H2,1H3;2*1H. The lowest BCUT2D eigenvalue weighted by Crippen LogP contribution is -2.49. The van der Waals surface area contributed by atoms with Gasteiger partial charge in [-0.05, 0) is 19.2 Å². The Kier molecular flexibility index (Phi) is 8.72. The monoisotopic (exact) mass is 392 g/mol. The van der Waals surface area contributed by atoms with E-state index in [2.05, 4.69) is 10.3 Å². The molecule has 0 radical (unpaired) electrons. The van der Waals surface area contributed by atoms with E-state index in [0.717, 1.165) is 42.6 Å². The largest absolute Gasteiger partial charge is 0.462 e. The van der Waals surface area contributed by atoms with Crippen LogP contribution in [0.25, 0.3) is 10.8 Å². The summed E-state index contributed by atoms with van der Waals surface area (Å²) < 4.78 is 5.35. The third-order valence-corrected chi connectivity index (χ3v) is 4.50. The number of thiazole rings is 1. The first kappa shape index (κ1) is 20.9. The molecule has 1 amide bonds. The number of amides is 1. The summed E-state index contributed by atoms with van der Waals surface area (Å²) in [5.74, 6) is 0.973. The highest BCUT2D eigenvalue weighted by molar-refractivity contribution is 7.13. The molecule has 1 aliphatic heterocycles. The van der Waals surface area contributed by atoms with Crippen molar-refractivity contribution >= 4 is 42.1 Å². The van der Waals surface area contributed by atoms with E-state index in [9.17, 15) is 4.79 Å². The molecule has 0 spiro atoms. The van der Waals surface area contributed by atoms with Crippen molar-refractivity contribution in [2.75, 3.05) is 39.8 Å². The van der Waals surface area contributed by atoms with E-state index in [1.807, 2.05) is 34.4 Å². The lowest BCUT2D eigenvalue weighted by molar-refractivity contribution is -0.132. The average molecular weight is 393 g/mol. The second kappa shape index (κ2) is 10.0. The van der Waals surface area contributed by atoms with Gasteiger partial charge in [-0.1, -0.05) is 0 Å². The second-order valence-corrected chi connectivity index (χ2v) is 6.28. The van der Waals surface area contributed by atoms with Gasteiger partial charge < -0.3 is 14.6 Å². The van der Waals surface area contributed by atoms with Crippen LogP contribution in [0.4, 0.5) is 0 Å². The van der Waals surface area contributed by atoms with Crippen LogP contribution in [0.2, 0.25) is 0 Å². The quantitative estimate of drug-likeness (QED) is 0.843. The zero-order valence-electron chi connectivity index (χ0n) is 13.4. The number of furan rings is 1. The lowest BCUT2D eigenvalue weighted by atomic mass is 10.3. The number of rotatable bonds is 5. The number of nitrogens with one attached hydrogen (secondary N) is 1. The molecule has 0 bridgehead atoms. The number of likely N-dealkylation sites (N-methyl/N-ethyl adjacent to an activating group) is 1. The molecule has 0 aromatic carbocycles. The van der Waals surface area contributed by atoms with Crippen molar-refractivity contribution < 1.29 is 9.21 Å². The first-order valence-corrected chi connectivity index (χ1v) is 8.25. The molecule has 24 heavy (non-hydrogen) atoms. The Balaban J connectivity index is 0.00000144. The molecule has 2 aromatic rings. The Hall–Kier alpha value is -1.12. The summed E-state index contributed by atoms with van der Waals surface area (Å²) in [7, 11) is 1.95. The topological polar surface area (TPSA) is 61.6 Å². The summed E-state index contributed by atoms with van der Waals surface area (Å²) in [6.07, 6.45) is 1.65. The highest BCUT2D eigenvalue weighted by Crippen LogP contribution is 2.24. The Morgan fingerprint density at radius 3 is 2.83 bits per heavy atom. The van der Waals surface area contributed by atoms with E-state index in [1.54, 1.807) is 17.6 Å². The van der Waals surface area contributed by atoms with E-state index in [-0.39, 0.29) is 30.7 Å². The number of carbonyl (C=O) groups is 1. The lowest BCUT2D eigenvalue weighted by Gasteiger charge is -2.29. The van der Waals surface area contributed by atoms with Crippen LogP contribution in [0.1, 0.15) is 5.69 Å². The molecule has 1 saturated heterocycles. The van der Waals surface area contributed by atoms with Gasteiger partial charge in [0, 0.05) is 38.1 Å². The SMILES string of the molecule is CN(CC(=O)N1CCNCC1)Cc1csc(-c2ccco2)n1.Cl.Cl. The van der Waals surface area contributed by atoms with E-state index < -0.39 is 0 Å². The molecule has 9 heteroatoms. The number of hydrogen-bond acceptors (Lipinski definition) is 6. The van der Waals surface area contributed by atoms with Gasteiger partial charge in [-0.15, -0.1) is 36.2 Å². The normalized spacial score (nSPS) is 14.2. The van der Waals surface area contributed by atoms with Crippen molar-refractivity contribution in [1.29, 1.82) is 0 Å². The Morgan fingerprint density at radius 1 is 1.42 bits per heavy atom. The van der Waals surface area contributed by atoms with Crippen LogP contribution in [0.5, 0.6) is 0 Å². The van der Waals surface area contributed by atoms with Crippen LogP contribution in [0, 0.1) is 0 Å². The highest BCUT2D eigenvalue weighted by Gasteiger charge is 2.18. The zero-order valence-corrected chi connectivity index (χ0v) is 15.9. The molecule has 0 atom stereocenters. The van der Waals surface area contributed by atoms with Gasteiger partial charge in [0.2, 0.25) is 5.91 Å². The van der Waals surface area contributed by atoms with Gasteiger partial charge in [-0.2, -0.15) is 0 Å². The van der Waals surface area contributed by atoms with Gasteiger partial charge in [0.05, 0.1) is 18.5 Å². The van der Waals surface area contributed by atoms with Gasteiger partial charge in [-0.3, -0.25) is 9.69 Å². The molecule has 3 heterocycles. The fourth-order valence-electron chi connectivity index (χ4n) is 2.47. The fraction of sp³-hybridized carbons (Fsp3) is 0.467. The van der Waals surface area contributed by atoms with Crippen molar-refractivity contribution in [2.24, 2.45) is 0 Å². The number of halogens is 2. The Labute approximate surface area is 158 Å². The zero-order chi connectivity index (χ0) is 15.4. The molecule has 1 aliphatic rings. The van der Waals surface area contributed by atoms with Crippen LogP contribution in [-0.4, -0.2) is 60.5 Å². The number of nitrogens with zero attached hydrogens (tertiary/aromatic N) is 3. The predicted molar refractivity (Wildman–Crippen MR) is 100 cm³/mol. The Morgan fingerprint density at radius 2 is 2.17 bits per heavy atom. The molecule has 0 unspecified atom stereocenters. The minimum Gasteiger partial charge on any atom is -0.462 e. The van der Waals surface area contributed by atoms with Crippen LogP contribution in [0.3, 0.4) is 0 Å². The predicted octanol–water partition coefficient (Wildman–Crippen LogP) is 2.11. The molecule has 0 saturated carbocycles. The van der Waals surface area contributed by atoms with E-state index in [0.29, 0.717) is 13.1 Å². The van der Waals surface area contributed by atoms with Crippen molar-refractivity contribution in [2.45, 2.75) is 6.54 Å². The minimum atomic E-state index is 0. The molecule has 0 aliphatic carbocycles. The van der Waals surface area contributed by atoms with Gasteiger partial charge in [0.1, 0.15) is 0 Å². The molecule has 6 nitrogen and oxygen atoms in total. The van der Waals surface area contributed by atoms with E-state index in [4.69, 9.17) is 4.42 Å². The van der Waals surface area contributed by atoms with Gasteiger partial charge in [0.15, 0.2) is 10.8 Å². The summed E-state index contributed by atoms with van der Waals surface area (Å²) in [5.41, 5.74) is 0.965. The van der Waals surface area contributed by atoms with Crippen LogP contribution >= 0.6 is 36.2 Å². The van der Waals surface area contributed by atoms with E-state index >= 15 is 0 Å². The van der Waals surface area contributed by atoms with E-state index in [1.165, 1.54) is 0 Å². The smallest absolute Gasteiger partial charge is 0.236 e. The number of carbonyl (C=O) groups excluding carboxylic acids is 1. The first-order valence-electron chi connectivity index (χ1n) is 7.37. The summed E-state index contributed by atoms with van der Waals surface area (Å²) in [4.78, 5) is 20.7. The fourth-order valence-corrected chi connectivity index (χ4v) is 3.25. The minimum absolute atomic E-state index is 0. The summed E-state index contributed by atoms with van der Waals surface area (Å²) in [6, 6.07) is 3.76. The van der Waals surface area contributed by atoms with Gasteiger partial charge >= 0.3 is 0 Å². The highest BCUT2D eigenvalue weighted by atomic mass is 35.5. The van der Waals surface area contributed by atoms with Gasteiger partial charge in [0.25, 0.3) is 0 Å². The van der Waals surface area contributed by atoms with Crippen molar-refractivity contribution in [3.8, 4) is 10.8 Å². The molecule has 3 rings (SSSR count). The van der Waals surface area contributed by atoms with Crippen molar-refractivity contribution in [1.82, 2.24) is 20.1 Å². The maximum absolute atomic E-state index is 12.2. The van der Waals surface area contributed by atoms with Crippen LogP contribution in [0.15, 0.2) is 28.2 Å². The van der Waals surface area contributed by atoms with Gasteiger partial charge in [-0.25, -0.2) is 4.98 Å². The molecule has 134 valence electrons.